The number of benzene rings is 2. The summed E-state index contributed by atoms with van der Waals surface area (Å²) in [6.07, 6.45) is 3.75. The van der Waals surface area contributed by atoms with Gasteiger partial charge in [0, 0.05) is 16.7 Å². The highest BCUT2D eigenvalue weighted by Gasteiger charge is 2.11. The van der Waals surface area contributed by atoms with Crippen molar-refractivity contribution in [1.82, 2.24) is 10.9 Å². The molecule has 2 N–H and O–H groups in total. The highest BCUT2D eigenvalue weighted by Crippen LogP contribution is 2.28. The monoisotopic (exact) mass is 388 g/mol. The number of hydrogen-bond acceptors (Lipinski definition) is 4. The molecule has 0 saturated carbocycles. The molecular weight excluding hydrogens is 368 g/mol. The Labute approximate surface area is 163 Å². The Morgan fingerprint density at radius 1 is 1.11 bits per heavy atom. The number of rotatable bonds is 7. The molecule has 0 aliphatic carbocycles. The van der Waals surface area contributed by atoms with E-state index in [1.807, 2.05) is 13.0 Å². The molecule has 0 fully saturated rings. The van der Waals surface area contributed by atoms with E-state index < -0.39 is 11.8 Å². The van der Waals surface area contributed by atoms with Crippen LogP contribution < -0.4 is 20.3 Å². The minimum atomic E-state index is -0.474. The molecule has 0 unspecified atom stereocenters. The molecule has 2 rings (SSSR count). The molecule has 0 saturated heterocycles. The van der Waals surface area contributed by atoms with E-state index in [0.717, 1.165) is 12.0 Å². The van der Waals surface area contributed by atoms with E-state index in [0.29, 0.717) is 28.7 Å². The standard InChI is InChI=1S/C20H21ClN2O4/c1-3-11-27-17-9-8-15(13-18(17)26-2)20(25)23-22-19(24)10-7-14-5-4-6-16(21)12-14/h4-10,12-13H,3,11H2,1-2H3,(H,22,24)(H,23,25)/b10-7+. The summed E-state index contributed by atoms with van der Waals surface area (Å²) >= 11 is 5.88. The molecule has 7 heteroatoms. The summed E-state index contributed by atoms with van der Waals surface area (Å²) in [6.45, 7) is 2.55. The molecule has 0 radical (unpaired) electrons. The first-order valence-corrected chi connectivity index (χ1v) is 8.76. The molecule has 0 aliphatic heterocycles. The topological polar surface area (TPSA) is 76.7 Å². The van der Waals surface area contributed by atoms with E-state index in [1.165, 1.54) is 13.2 Å². The predicted octanol–water partition coefficient (Wildman–Crippen LogP) is 3.61. The van der Waals surface area contributed by atoms with Gasteiger partial charge < -0.3 is 9.47 Å². The van der Waals surface area contributed by atoms with Crippen molar-refractivity contribution in [2.24, 2.45) is 0 Å². The largest absolute Gasteiger partial charge is 0.493 e. The molecule has 0 atom stereocenters. The van der Waals surface area contributed by atoms with Crippen molar-refractivity contribution >= 4 is 29.5 Å². The second-order valence-corrected chi connectivity index (χ2v) is 5.98. The average Bonchev–Trinajstić information content (AvgIpc) is 2.68. The highest BCUT2D eigenvalue weighted by molar-refractivity contribution is 6.30. The van der Waals surface area contributed by atoms with Crippen LogP contribution in [0.2, 0.25) is 5.02 Å². The van der Waals surface area contributed by atoms with Crippen LogP contribution in [0.15, 0.2) is 48.5 Å². The Morgan fingerprint density at radius 3 is 2.63 bits per heavy atom. The number of hydrazine groups is 1. The van der Waals surface area contributed by atoms with Crippen LogP contribution in [0, 0.1) is 0 Å². The molecule has 0 aromatic heterocycles. The lowest BCUT2D eigenvalue weighted by Gasteiger charge is -2.12. The molecule has 0 bridgehead atoms. The number of carbonyl (C=O) groups is 2. The van der Waals surface area contributed by atoms with Crippen LogP contribution in [-0.2, 0) is 4.79 Å². The SMILES string of the molecule is CCCOc1ccc(C(=O)NNC(=O)/C=C/c2cccc(Cl)c2)cc1OC. The molecule has 2 amide bonds. The first-order valence-electron chi connectivity index (χ1n) is 8.38. The molecule has 0 heterocycles. The van der Waals surface area contributed by atoms with Crippen LogP contribution in [0.4, 0.5) is 0 Å². The van der Waals surface area contributed by atoms with E-state index in [-0.39, 0.29) is 0 Å². The molecular formula is C20H21ClN2O4. The third-order valence-electron chi connectivity index (χ3n) is 3.46. The molecule has 142 valence electrons. The van der Waals surface area contributed by atoms with Gasteiger partial charge >= 0.3 is 0 Å². The van der Waals surface area contributed by atoms with Gasteiger partial charge in [0.25, 0.3) is 11.8 Å². The Morgan fingerprint density at radius 2 is 1.93 bits per heavy atom. The maximum absolute atomic E-state index is 12.2. The van der Waals surface area contributed by atoms with Gasteiger partial charge in [-0.1, -0.05) is 30.7 Å². The predicted molar refractivity (Wildman–Crippen MR) is 105 cm³/mol. The summed E-state index contributed by atoms with van der Waals surface area (Å²) in [4.78, 5) is 24.0. The fraction of sp³-hybridized carbons (Fsp3) is 0.200. The van der Waals surface area contributed by atoms with Gasteiger partial charge in [-0.3, -0.25) is 20.4 Å². The van der Waals surface area contributed by atoms with Gasteiger partial charge in [-0.25, -0.2) is 0 Å². The first kappa shape index (κ1) is 20.3. The van der Waals surface area contributed by atoms with E-state index in [9.17, 15) is 9.59 Å². The minimum absolute atomic E-state index is 0.329. The lowest BCUT2D eigenvalue weighted by Crippen LogP contribution is -2.40. The van der Waals surface area contributed by atoms with Gasteiger partial charge in [-0.05, 0) is 48.4 Å². The van der Waals surface area contributed by atoms with Crippen molar-refractivity contribution in [3.8, 4) is 11.5 Å². The van der Waals surface area contributed by atoms with Crippen LogP contribution >= 0.6 is 11.6 Å². The van der Waals surface area contributed by atoms with Gasteiger partial charge in [0.2, 0.25) is 0 Å². The maximum Gasteiger partial charge on any atom is 0.269 e. The zero-order chi connectivity index (χ0) is 19.6. The Kier molecular flexibility index (Phi) is 7.70. The van der Waals surface area contributed by atoms with Crippen molar-refractivity contribution in [3.05, 3.63) is 64.7 Å². The lowest BCUT2D eigenvalue weighted by atomic mass is 10.2. The Balaban J connectivity index is 1.93. The van der Waals surface area contributed by atoms with Crippen LogP contribution in [0.25, 0.3) is 6.08 Å². The van der Waals surface area contributed by atoms with E-state index in [4.69, 9.17) is 21.1 Å². The Hall–Kier alpha value is -2.99. The zero-order valence-corrected chi connectivity index (χ0v) is 15.9. The van der Waals surface area contributed by atoms with Crippen molar-refractivity contribution < 1.29 is 19.1 Å². The van der Waals surface area contributed by atoms with E-state index in [2.05, 4.69) is 10.9 Å². The Bertz CT molecular complexity index is 836. The third kappa shape index (κ3) is 6.34. The van der Waals surface area contributed by atoms with Gasteiger partial charge in [0.1, 0.15) is 0 Å². The second-order valence-electron chi connectivity index (χ2n) is 5.55. The summed E-state index contributed by atoms with van der Waals surface area (Å²) in [5.41, 5.74) is 5.77. The number of carbonyl (C=O) groups excluding carboxylic acids is 2. The summed E-state index contributed by atoms with van der Waals surface area (Å²) in [5, 5.41) is 0.575. The van der Waals surface area contributed by atoms with Crippen LogP contribution in [0.1, 0.15) is 29.3 Å². The van der Waals surface area contributed by atoms with Gasteiger partial charge in [0.15, 0.2) is 11.5 Å². The molecule has 2 aromatic carbocycles. The quantitative estimate of drug-likeness (QED) is 0.561. The average molecular weight is 389 g/mol. The van der Waals surface area contributed by atoms with Crippen LogP contribution in [0.3, 0.4) is 0 Å². The van der Waals surface area contributed by atoms with Crippen molar-refractivity contribution in [1.29, 1.82) is 0 Å². The molecule has 0 aliphatic rings. The molecule has 0 spiro atoms. The van der Waals surface area contributed by atoms with Crippen molar-refractivity contribution in [2.75, 3.05) is 13.7 Å². The zero-order valence-electron chi connectivity index (χ0n) is 15.1. The number of methoxy groups -OCH3 is 1. The summed E-state index contributed by atoms with van der Waals surface area (Å²) in [7, 11) is 1.50. The van der Waals surface area contributed by atoms with Crippen LogP contribution in [-0.4, -0.2) is 25.5 Å². The fourth-order valence-corrected chi connectivity index (χ4v) is 2.35. The van der Waals surface area contributed by atoms with Gasteiger partial charge in [-0.2, -0.15) is 0 Å². The second kappa shape index (κ2) is 10.2. The molecule has 6 nitrogen and oxygen atoms in total. The van der Waals surface area contributed by atoms with E-state index >= 15 is 0 Å². The number of halogens is 1. The van der Waals surface area contributed by atoms with Crippen molar-refractivity contribution in [2.45, 2.75) is 13.3 Å². The van der Waals surface area contributed by atoms with Gasteiger partial charge in [0.05, 0.1) is 13.7 Å². The van der Waals surface area contributed by atoms with E-state index in [1.54, 1.807) is 42.5 Å². The third-order valence-corrected chi connectivity index (χ3v) is 3.70. The molecule has 2 aromatic rings. The van der Waals surface area contributed by atoms with Crippen molar-refractivity contribution in [3.63, 3.8) is 0 Å². The normalized spacial score (nSPS) is 10.5. The fourth-order valence-electron chi connectivity index (χ4n) is 2.15. The first-order chi connectivity index (χ1) is 13.0. The summed E-state index contributed by atoms with van der Waals surface area (Å²) in [6, 6.07) is 11.9. The number of hydrogen-bond donors (Lipinski definition) is 2. The minimum Gasteiger partial charge on any atom is -0.493 e. The lowest BCUT2D eigenvalue weighted by molar-refractivity contribution is -0.117. The van der Waals surface area contributed by atoms with Crippen LogP contribution in [0.5, 0.6) is 11.5 Å². The van der Waals surface area contributed by atoms with Gasteiger partial charge in [-0.15, -0.1) is 0 Å². The summed E-state index contributed by atoms with van der Waals surface area (Å²) in [5.74, 6) is 0.0608. The number of ether oxygens (including phenoxy) is 2. The number of nitrogens with one attached hydrogen (secondary N) is 2. The highest BCUT2D eigenvalue weighted by atomic mass is 35.5. The molecule has 27 heavy (non-hydrogen) atoms. The number of amides is 2. The smallest absolute Gasteiger partial charge is 0.269 e. The maximum atomic E-state index is 12.2. The summed E-state index contributed by atoms with van der Waals surface area (Å²) < 4.78 is 10.8.